The van der Waals surface area contributed by atoms with Crippen LogP contribution in [0, 0.1) is 0 Å². The Balaban J connectivity index is 2.26. The number of hydrogen-bond acceptors (Lipinski definition) is 1. The van der Waals surface area contributed by atoms with E-state index < -0.39 is 17.8 Å². The van der Waals surface area contributed by atoms with Gasteiger partial charge in [-0.3, -0.25) is 0 Å². The summed E-state index contributed by atoms with van der Waals surface area (Å²) in [4.78, 5) is 0. The lowest BCUT2D eigenvalue weighted by Crippen LogP contribution is -2.15. The standard InChI is InChI=1S/C17H18F3N/c1-3-13-7-6-8-14(11-13)21-12(2)15-9-4-5-10-16(15)17(18,19)20/h4-12,21H,3H2,1-2H3. The number of rotatable bonds is 4. The molecule has 0 spiro atoms. The number of alkyl halides is 3. The zero-order valence-corrected chi connectivity index (χ0v) is 12.0. The minimum Gasteiger partial charge on any atom is -0.378 e. The fourth-order valence-corrected chi connectivity index (χ4v) is 2.34. The SMILES string of the molecule is CCc1cccc(NC(C)c2ccccc2C(F)(F)F)c1. The van der Waals surface area contributed by atoms with Gasteiger partial charge in [0, 0.05) is 11.7 Å². The number of nitrogens with one attached hydrogen (secondary N) is 1. The molecule has 21 heavy (non-hydrogen) atoms. The first-order valence-corrected chi connectivity index (χ1v) is 6.93. The molecular weight excluding hydrogens is 275 g/mol. The van der Waals surface area contributed by atoms with Crippen LogP contribution in [0.5, 0.6) is 0 Å². The zero-order valence-electron chi connectivity index (χ0n) is 12.0. The van der Waals surface area contributed by atoms with Gasteiger partial charge in [0.05, 0.1) is 5.56 Å². The minimum atomic E-state index is -4.34. The van der Waals surface area contributed by atoms with Gasteiger partial charge in [-0.25, -0.2) is 0 Å². The van der Waals surface area contributed by atoms with Crippen LogP contribution in [0.15, 0.2) is 48.5 Å². The lowest BCUT2D eigenvalue weighted by Gasteiger charge is -2.20. The maximum absolute atomic E-state index is 13.0. The number of anilines is 1. The summed E-state index contributed by atoms with van der Waals surface area (Å²) in [7, 11) is 0. The van der Waals surface area contributed by atoms with Gasteiger partial charge < -0.3 is 5.32 Å². The molecule has 0 aliphatic carbocycles. The molecule has 0 saturated carbocycles. The van der Waals surface area contributed by atoms with Gasteiger partial charge in [-0.15, -0.1) is 0 Å². The van der Waals surface area contributed by atoms with Crippen molar-refractivity contribution in [2.24, 2.45) is 0 Å². The zero-order chi connectivity index (χ0) is 15.5. The van der Waals surface area contributed by atoms with Gasteiger partial charge in [0.25, 0.3) is 0 Å². The summed E-state index contributed by atoms with van der Waals surface area (Å²) in [6, 6.07) is 13.0. The van der Waals surface area contributed by atoms with Crippen molar-refractivity contribution in [1.82, 2.24) is 0 Å². The predicted octanol–water partition coefficient (Wildman–Crippen LogP) is 5.44. The van der Waals surface area contributed by atoms with Crippen LogP contribution in [0.1, 0.15) is 36.6 Å². The van der Waals surface area contributed by atoms with Gasteiger partial charge in [0.1, 0.15) is 0 Å². The smallest absolute Gasteiger partial charge is 0.378 e. The van der Waals surface area contributed by atoms with Crippen LogP contribution in [0.3, 0.4) is 0 Å². The van der Waals surface area contributed by atoms with Crippen molar-refractivity contribution in [3.05, 3.63) is 65.2 Å². The van der Waals surface area contributed by atoms with Crippen LogP contribution < -0.4 is 5.32 Å². The molecule has 2 aromatic rings. The molecule has 4 heteroatoms. The van der Waals surface area contributed by atoms with E-state index in [9.17, 15) is 13.2 Å². The largest absolute Gasteiger partial charge is 0.416 e. The van der Waals surface area contributed by atoms with Crippen molar-refractivity contribution in [3.8, 4) is 0 Å². The fraction of sp³-hybridized carbons (Fsp3) is 0.294. The second-order valence-corrected chi connectivity index (χ2v) is 5.00. The van der Waals surface area contributed by atoms with Gasteiger partial charge in [-0.2, -0.15) is 13.2 Å². The van der Waals surface area contributed by atoms with E-state index in [0.717, 1.165) is 23.7 Å². The highest BCUT2D eigenvalue weighted by Crippen LogP contribution is 2.35. The monoisotopic (exact) mass is 293 g/mol. The Morgan fingerprint density at radius 1 is 1.05 bits per heavy atom. The second-order valence-electron chi connectivity index (χ2n) is 5.00. The predicted molar refractivity (Wildman–Crippen MR) is 79.3 cm³/mol. The molecule has 2 rings (SSSR count). The normalized spacial score (nSPS) is 13.0. The van der Waals surface area contributed by atoms with Crippen molar-refractivity contribution in [1.29, 1.82) is 0 Å². The van der Waals surface area contributed by atoms with Gasteiger partial charge in [0.15, 0.2) is 0 Å². The lowest BCUT2D eigenvalue weighted by molar-refractivity contribution is -0.138. The summed E-state index contributed by atoms with van der Waals surface area (Å²) in [5.41, 5.74) is 1.65. The van der Waals surface area contributed by atoms with Crippen LogP contribution >= 0.6 is 0 Å². The Hall–Kier alpha value is -1.97. The molecule has 0 fully saturated rings. The third-order valence-corrected chi connectivity index (χ3v) is 3.45. The van der Waals surface area contributed by atoms with Crippen molar-refractivity contribution in [2.45, 2.75) is 32.5 Å². The third kappa shape index (κ3) is 3.78. The van der Waals surface area contributed by atoms with E-state index in [1.165, 1.54) is 12.1 Å². The summed E-state index contributed by atoms with van der Waals surface area (Å²) in [6.07, 6.45) is -3.44. The number of hydrogen-bond donors (Lipinski definition) is 1. The maximum Gasteiger partial charge on any atom is 0.416 e. The Bertz CT molecular complexity index is 605. The average molecular weight is 293 g/mol. The van der Waals surface area contributed by atoms with Crippen LogP contribution in [0.25, 0.3) is 0 Å². The molecular formula is C17H18F3N. The summed E-state index contributed by atoms with van der Waals surface area (Å²) >= 11 is 0. The Morgan fingerprint density at radius 2 is 1.76 bits per heavy atom. The molecule has 2 aromatic carbocycles. The molecule has 0 aliphatic rings. The lowest BCUT2D eigenvalue weighted by atomic mass is 10.0. The van der Waals surface area contributed by atoms with Crippen LogP contribution in [0.2, 0.25) is 0 Å². The highest BCUT2D eigenvalue weighted by atomic mass is 19.4. The van der Waals surface area contributed by atoms with Crippen LogP contribution in [-0.2, 0) is 12.6 Å². The van der Waals surface area contributed by atoms with Crippen molar-refractivity contribution < 1.29 is 13.2 Å². The fourth-order valence-electron chi connectivity index (χ4n) is 2.34. The molecule has 1 unspecified atom stereocenters. The summed E-state index contributed by atoms with van der Waals surface area (Å²) in [5.74, 6) is 0. The Kier molecular flexibility index (Phi) is 4.56. The summed E-state index contributed by atoms with van der Waals surface area (Å²) in [5, 5.41) is 3.15. The number of halogens is 3. The highest BCUT2D eigenvalue weighted by Gasteiger charge is 2.34. The average Bonchev–Trinajstić information content (AvgIpc) is 2.46. The summed E-state index contributed by atoms with van der Waals surface area (Å²) < 4.78 is 39.1. The molecule has 1 atom stereocenters. The summed E-state index contributed by atoms with van der Waals surface area (Å²) in [6.45, 7) is 3.78. The minimum absolute atomic E-state index is 0.256. The molecule has 1 nitrogen and oxygen atoms in total. The van der Waals surface area contributed by atoms with Gasteiger partial charge in [0.2, 0.25) is 0 Å². The topological polar surface area (TPSA) is 12.0 Å². The van der Waals surface area contributed by atoms with E-state index in [2.05, 4.69) is 5.32 Å². The van der Waals surface area contributed by atoms with E-state index in [1.807, 2.05) is 31.2 Å². The highest BCUT2D eigenvalue weighted by molar-refractivity contribution is 5.48. The second kappa shape index (κ2) is 6.20. The van der Waals surface area contributed by atoms with E-state index in [0.29, 0.717) is 0 Å². The number of aryl methyl sites for hydroxylation is 1. The molecule has 0 saturated heterocycles. The molecule has 0 radical (unpaired) electrons. The van der Waals surface area contributed by atoms with Crippen molar-refractivity contribution in [3.63, 3.8) is 0 Å². The molecule has 0 aliphatic heterocycles. The van der Waals surface area contributed by atoms with E-state index in [4.69, 9.17) is 0 Å². The van der Waals surface area contributed by atoms with Crippen molar-refractivity contribution >= 4 is 5.69 Å². The van der Waals surface area contributed by atoms with Gasteiger partial charge in [-0.05, 0) is 42.7 Å². The third-order valence-electron chi connectivity index (χ3n) is 3.45. The quantitative estimate of drug-likeness (QED) is 0.791. The van der Waals surface area contributed by atoms with Crippen molar-refractivity contribution in [2.75, 3.05) is 5.32 Å². The molecule has 0 heterocycles. The molecule has 112 valence electrons. The maximum atomic E-state index is 13.0. The van der Waals surface area contributed by atoms with Crippen LogP contribution in [-0.4, -0.2) is 0 Å². The molecule has 1 N–H and O–H groups in total. The first-order valence-electron chi connectivity index (χ1n) is 6.93. The first-order chi connectivity index (χ1) is 9.91. The molecule has 0 amide bonds. The van der Waals surface area contributed by atoms with E-state index in [-0.39, 0.29) is 5.56 Å². The molecule has 0 aromatic heterocycles. The molecule has 0 bridgehead atoms. The van der Waals surface area contributed by atoms with E-state index >= 15 is 0 Å². The van der Waals surface area contributed by atoms with Crippen LogP contribution in [0.4, 0.5) is 18.9 Å². The Morgan fingerprint density at radius 3 is 2.43 bits per heavy atom. The number of benzene rings is 2. The first kappa shape index (κ1) is 15.4. The van der Waals surface area contributed by atoms with E-state index in [1.54, 1.807) is 13.0 Å². The Labute approximate surface area is 122 Å². The van der Waals surface area contributed by atoms with Gasteiger partial charge >= 0.3 is 6.18 Å². The van der Waals surface area contributed by atoms with Gasteiger partial charge in [-0.1, -0.05) is 37.3 Å².